The second-order valence-corrected chi connectivity index (χ2v) is 4.98. The third-order valence-corrected chi connectivity index (χ3v) is 2.98. The molecule has 0 heterocycles. The summed E-state index contributed by atoms with van der Waals surface area (Å²) in [4.78, 5) is 34.0. The number of carbonyl (C=O) groups excluding carboxylic acids is 3. The van der Waals surface area contributed by atoms with Gasteiger partial charge in [-0.15, -0.1) is 0 Å². The molecule has 0 aromatic heterocycles. The van der Waals surface area contributed by atoms with Gasteiger partial charge in [-0.05, 0) is 37.6 Å². The molecular weight excluding hydrogens is 328 g/mol. The quantitative estimate of drug-likeness (QED) is 0.499. The Hall–Kier alpha value is -3.03. The van der Waals surface area contributed by atoms with Gasteiger partial charge in [0.25, 0.3) is 5.91 Å². The van der Waals surface area contributed by atoms with Crippen molar-refractivity contribution in [3.63, 3.8) is 0 Å². The third kappa shape index (κ3) is 6.94. The number of ether oxygens (including phenoxy) is 3. The molecule has 8 heteroatoms. The number of amides is 2. The second kappa shape index (κ2) is 9.96. The van der Waals surface area contributed by atoms with Gasteiger partial charge in [-0.25, -0.2) is 4.79 Å². The maximum Gasteiger partial charge on any atom is 0.328 e. The molecule has 0 radical (unpaired) electrons. The van der Waals surface area contributed by atoms with E-state index in [0.717, 1.165) is 0 Å². The standard InChI is InChI=1S/C17H22N2O6/c1-4-24-17(22)11(2)19-16(21)8-6-12-5-7-13(14(9-12)23-3)25-10-15(18)20/h5-9,11H,4,10H2,1-3H3,(H2,18,20)(H,19,21)/b8-6+. The van der Waals surface area contributed by atoms with Crippen LogP contribution in [0.1, 0.15) is 19.4 Å². The molecule has 3 N–H and O–H groups in total. The van der Waals surface area contributed by atoms with E-state index in [1.165, 1.54) is 20.1 Å². The van der Waals surface area contributed by atoms with Gasteiger partial charge in [0.1, 0.15) is 6.04 Å². The van der Waals surface area contributed by atoms with Crippen LogP contribution in [0.2, 0.25) is 0 Å². The number of nitrogens with two attached hydrogens (primary N) is 1. The lowest BCUT2D eigenvalue weighted by atomic mass is 10.2. The minimum atomic E-state index is -0.740. The molecule has 2 amide bonds. The minimum absolute atomic E-state index is 0.249. The fourth-order valence-corrected chi connectivity index (χ4v) is 1.82. The van der Waals surface area contributed by atoms with Gasteiger partial charge in [0, 0.05) is 6.08 Å². The highest BCUT2D eigenvalue weighted by Crippen LogP contribution is 2.28. The molecule has 1 aromatic carbocycles. The summed E-state index contributed by atoms with van der Waals surface area (Å²) < 4.78 is 15.2. The molecule has 1 aromatic rings. The predicted octanol–water partition coefficient (Wildman–Crippen LogP) is 0.640. The summed E-state index contributed by atoms with van der Waals surface area (Å²) in [6.07, 6.45) is 2.84. The van der Waals surface area contributed by atoms with Crippen molar-refractivity contribution in [3.8, 4) is 11.5 Å². The van der Waals surface area contributed by atoms with Crippen molar-refractivity contribution in [1.82, 2.24) is 5.32 Å². The topological polar surface area (TPSA) is 117 Å². The number of hydrogen-bond donors (Lipinski definition) is 2. The molecule has 0 aliphatic rings. The number of benzene rings is 1. The van der Waals surface area contributed by atoms with Gasteiger partial charge in [0.2, 0.25) is 5.91 Å². The average Bonchev–Trinajstić information content (AvgIpc) is 2.58. The van der Waals surface area contributed by atoms with Crippen LogP contribution in [-0.4, -0.2) is 44.1 Å². The molecule has 0 bridgehead atoms. The zero-order valence-corrected chi connectivity index (χ0v) is 14.4. The van der Waals surface area contributed by atoms with E-state index in [0.29, 0.717) is 17.1 Å². The van der Waals surface area contributed by atoms with Gasteiger partial charge >= 0.3 is 5.97 Å². The highest BCUT2D eigenvalue weighted by atomic mass is 16.5. The molecule has 0 aliphatic heterocycles. The Kier molecular flexibility index (Phi) is 7.98. The lowest BCUT2D eigenvalue weighted by molar-refractivity contribution is -0.146. The monoisotopic (exact) mass is 350 g/mol. The SMILES string of the molecule is CCOC(=O)C(C)NC(=O)/C=C/c1ccc(OCC(N)=O)c(OC)c1. The molecule has 0 saturated heterocycles. The lowest BCUT2D eigenvalue weighted by Gasteiger charge is -2.11. The summed E-state index contributed by atoms with van der Waals surface area (Å²) >= 11 is 0. The van der Waals surface area contributed by atoms with Crippen LogP contribution in [-0.2, 0) is 19.1 Å². The van der Waals surface area contributed by atoms with Crippen molar-refractivity contribution in [1.29, 1.82) is 0 Å². The van der Waals surface area contributed by atoms with Gasteiger partial charge in [-0.3, -0.25) is 9.59 Å². The summed E-state index contributed by atoms with van der Waals surface area (Å²) in [6.45, 7) is 3.22. The molecule has 0 aliphatic carbocycles. The largest absolute Gasteiger partial charge is 0.493 e. The molecule has 1 atom stereocenters. The van der Waals surface area contributed by atoms with E-state index >= 15 is 0 Å². The number of primary amides is 1. The summed E-state index contributed by atoms with van der Waals surface area (Å²) in [5.74, 6) is -0.781. The zero-order valence-electron chi connectivity index (χ0n) is 14.4. The Balaban J connectivity index is 2.72. The lowest BCUT2D eigenvalue weighted by Crippen LogP contribution is -2.38. The van der Waals surface area contributed by atoms with E-state index in [4.69, 9.17) is 19.9 Å². The molecule has 0 saturated carbocycles. The Morgan fingerprint density at radius 2 is 2.00 bits per heavy atom. The van der Waals surface area contributed by atoms with Gasteiger partial charge in [0.05, 0.1) is 13.7 Å². The van der Waals surface area contributed by atoms with Crippen LogP contribution in [0, 0.1) is 0 Å². The van der Waals surface area contributed by atoms with E-state index in [2.05, 4.69) is 5.32 Å². The van der Waals surface area contributed by atoms with Crippen molar-refractivity contribution in [2.45, 2.75) is 19.9 Å². The van der Waals surface area contributed by atoms with Crippen LogP contribution >= 0.6 is 0 Å². The number of methoxy groups -OCH3 is 1. The maximum atomic E-state index is 11.8. The van der Waals surface area contributed by atoms with Crippen LogP contribution in [0.4, 0.5) is 0 Å². The molecule has 0 fully saturated rings. The first kappa shape index (κ1) is 20.0. The molecule has 1 rings (SSSR count). The number of nitrogens with one attached hydrogen (secondary N) is 1. The zero-order chi connectivity index (χ0) is 18.8. The van der Waals surface area contributed by atoms with E-state index in [9.17, 15) is 14.4 Å². The smallest absolute Gasteiger partial charge is 0.328 e. The summed E-state index contributed by atoms with van der Waals surface area (Å²) in [6, 6.07) is 4.17. The molecule has 25 heavy (non-hydrogen) atoms. The van der Waals surface area contributed by atoms with Crippen molar-refractivity contribution in [2.24, 2.45) is 5.73 Å². The first-order valence-corrected chi connectivity index (χ1v) is 7.61. The molecule has 8 nitrogen and oxygen atoms in total. The summed E-state index contributed by atoms with van der Waals surface area (Å²) in [7, 11) is 1.45. The number of rotatable bonds is 9. The van der Waals surface area contributed by atoms with Gasteiger partial charge in [-0.2, -0.15) is 0 Å². The highest BCUT2D eigenvalue weighted by molar-refractivity contribution is 5.94. The Morgan fingerprint density at radius 3 is 2.60 bits per heavy atom. The Labute approximate surface area is 145 Å². The van der Waals surface area contributed by atoms with E-state index in [1.54, 1.807) is 31.2 Å². The number of carbonyl (C=O) groups is 3. The Bertz CT molecular complexity index is 657. The number of hydrogen-bond acceptors (Lipinski definition) is 6. The molecular formula is C17H22N2O6. The summed E-state index contributed by atoms with van der Waals surface area (Å²) in [5.41, 5.74) is 5.70. The normalized spacial score (nSPS) is 11.6. The third-order valence-electron chi connectivity index (χ3n) is 2.98. The number of esters is 1. The van der Waals surface area contributed by atoms with Gasteiger partial charge in [-0.1, -0.05) is 6.07 Å². The van der Waals surface area contributed by atoms with E-state index < -0.39 is 23.8 Å². The predicted molar refractivity (Wildman–Crippen MR) is 91.0 cm³/mol. The van der Waals surface area contributed by atoms with E-state index in [-0.39, 0.29) is 13.2 Å². The van der Waals surface area contributed by atoms with Crippen molar-refractivity contribution >= 4 is 23.9 Å². The van der Waals surface area contributed by atoms with Gasteiger partial charge in [0.15, 0.2) is 18.1 Å². The van der Waals surface area contributed by atoms with Crippen LogP contribution in [0.3, 0.4) is 0 Å². The average molecular weight is 350 g/mol. The first-order valence-electron chi connectivity index (χ1n) is 7.61. The molecule has 136 valence electrons. The summed E-state index contributed by atoms with van der Waals surface area (Å²) in [5, 5.41) is 2.50. The van der Waals surface area contributed by atoms with Gasteiger partial charge < -0.3 is 25.3 Å². The van der Waals surface area contributed by atoms with Crippen molar-refractivity contribution in [3.05, 3.63) is 29.8 Å². The Morgan fingerprint density at radius 1 is 1.28 bits per heavy atom. The first-order chi connectivity index (χ1) is 11.9. The van der Waals surface area contributed by atoms with Crippen LogP contribution in [0.5, 0.6) is 11.5 Å². The molecule has 1 unspecified atom stereocenters. The molecule has 0 spiro atoms. The van der Waals surface area contributed by atoms with Crippen molar-refractivity contribution < 1.29 is 28.6 Å². The van der Waals surface area contributed by atoms with E-state index in [1.807, 2.05) is 0 Å². The fourth-order valence-electron chi connectivity index (χ4n) is 1.82. The fraction of sp³-hybridized carbons (Fsp3) is 0.353. The van der Waals surface area contributed by atoms with Crippen LogP contribution in [0.25, 0.3) is 6.08 Å². The maximum absolute atomic E-state index is 11.8. The van der Waals surface area contributed by atoms with Crippen molar-refractivity contribution in [2.75, 3.05) is 20.3 Å². The van der Waals surface area contributed by atoms with Crippen LogP contribution in [0.15, 0.2) is 24.3 Å². The minimum Gasteiger partial charge on any atom is -0.493 e. The highest BCUT2D eigenvalue weighted by Gasteiger charge is 2.15. The van der Waals surface area contributed by atoms with Crippen LogP contribution < -0.4 is 20.5 Å². The second-order valence-electron chi connectivity index (χ2n) is 4.98.